The van der Waals surface area contributed by atoms with E-state index in [4.69, 9.17) is 0 Å². The van der Waals surface area contributed by atoms with Crippen molar-refractivity contribution in [3.05, 3.63) is 42.4 Å². The van der Waals surface area contributed by atoms with Crippen LogP contribution in [0, 0.1) is 6.42 Å². The van der Waals surface area contributed by atoms with Gasteiger partial charge in [0.15, 0.2) is 0 Å². The van der Waals surface area contributed by atoms with Gasteiger partial charge in [-0.15, -0.1) is 0 Å². The third kappa shape index (κ3) is 4.19. The predicted octanol–water partition coefficient (Wildman–Crippen LogP) is -0.736. The molecule has 0 saturated carbocycles. The summed E-state index contributed by atoms with van der Waals surface area (Å²) in [5, 5.41) is 0. The minimum Gasteiger partial charge on any atom is -1.00 e. The first-order valence-corrected chi connectivity index (χ1v) is 2.78. The van der Waals surface area contributed by atoms with Crippen LogP contribution in [0.4, 0.5) is 0 Å². The molecule has 0 aromatic rings. The fourth-order valence-corrected chi connectivity index (χ4v) is 0.645. The van der Waals surface area contributed by atoms with E-state index >= 15 is 0 Å². The molecule has 1 radical (unpaired) electrons. The van der Waals surface area contributed by atoms with Gasteiger partial charge >= 0.3 is 0 Å². The van der Waals surface area contributed by atoms with Crippen molar-refractivity contribution in [2.45, 2.75) is 6.92 Å². The molecule has 1 aliphatic carbocycles. The first-order chi connectivity index (χ1) is 3.93. The summed E-state index contributed by atoms with van der Waals surface area (Å²) >= 11 is 0. The third-order valence-electron chi connectivity index (χ3n) is 1.13. The number of allylic oxidation sites excluding steroid dienone is 6. The van der Waals surface area contributed by atoms with E-state index in [0.29, 0.717) is 0 Å². The maximum atomic E-state index is 2.08. The van der Waals surface area contributed by atoms with Gasteiger partial charge in [-0.05, 0) is 12.5 Å². The van der Waals surface area contributed by atoms with Gasteiger partial charge in [-0.25, -0.2) is 0 Å². The molecule has 0 aromatic heterocycles. The van der Waals surface area contributed by atoms with Gasteiger partial charge in [0.1, 0.15) is 0 Å². The number of halogens is 1. The average molecular weight is 250 g/mol. The molecule has 0 unspecified atom stereocenters. The van der Waals surface area contributed by atoms with Gasteiger partial charge in [-0.1, -0.05) is 30.4 Å². The molecular formula is C8H9BrZn-. The zero-order valence-corrected chi connectivity index (χ0v) is 10.6. The topological polar surface area (TPSA) is 0 Å². The van der Waals surface area contributed by atoms with Crippen LogP contribution >= 0.6 is 0 Å². The standard InChI is InChI=1S/C8H9.BrH.Zn/c1-2-8-6-4-3-5-7-8;;/h2-7H,1H3;1H;/p-1. The van der Waals surface area contributed by atoms with E-state index in [1.54, 1.807) is 0 Å². The van der Waals surface area contributed by atoms with E-state index in [-0.39, 0.29) is 36.5 Å². The van der Waals surface area contributed by atoms with E-state index in [1.165, 1.54) is 5.57 Å². The zero-order valence-electron chi connectivity index (χ0n) is 6.05. The molecule has 0 bridgehead atoms. The van der Waals surface area contributed by atoms with Crippen LogP contribution in [-0.2, 0) is 19.5 Å². The van der Waals surface area contributed by atoms with E-state index in [9.17, 15) is 0 Å². The first kappa shape index (κ1) is 13.0. The van der Waals surface area contributed by atoms with Crippen LogP contribution in [0.25, 0.3) is 0 Å². The Morgan fingerprint density at radius 3 is 2.20 bits per heavy atom. The Balaban J connectivity index is 0. The Labute approximate surface area is 85.6 Å². The van der Waals surface area contributed by atoms with Gasteiger partial charge in [-0.2, -0.15) is 0 Å². The van der Waals surface area contributed by atoms with Gasteiger partial charge < -0.3 is 17.0 Å². The van der Waals surface area contributed by atoms with Gasteiger partial charge in [0.05, 0.1) is 0 Å². The average Bonchev–Trinajstić information content (AvgIpc) is 1.90. The molecule has 0 nitrogen and oxygen atoms in total. The summed E-state index contributed by atoms with van der Waals surface area (Å²) < 4.78 is 0. The molecule has 1 aliphatic rings. The zero-order chi connectivity index (χ0) is 5.82. The third-order valence-corrected chi connectivity index (χ3v) is 1.13. The summed E-state index contributed by atoms with van der Waals surface area (Å²) in [6.45, 7) is 2.04. The van der Waals surface area contributed by atoms with Crippen LogP contribution in [-0.4, -0.2) is 0 Å². The second-order valence-corrected chi connectivity index (χ2v) is 1.70. The van der Waals surface area contributed by atoms with Crippen molar-refractivity contribution >= 4 is 0 Å². The van der Waals surface area contributed by atoms with Crippen LogP contribution in [0.2, 0.25) is 0 Å². The molecule has 0 N–H and O–H groups in total. The minimum absolute atomic E-state index is 0. The fraction of sp³-hybridized carbons (Fsp3) is 0.125. The Morgan fingerprint density at radius 1 is 1.20 bits per heavy atom. The van der Waals surface area contributed by atoms with E-state index < -0.39 is 0 Å². The summed E-state index contributed by atoms with van der Waals surface area (Å²) in [6, 6.07) is 0. The summed E-state index contributed by atoms with van der Waals surface area (Å²) in [6.07, 6.45) is 12.3. The summed E-state index contributed by atoms with van der Waals surface area (Å²) in [5.74, 6) is 0. The van der Waals surface area contributed by atoms with Crippen molar-refractivity contribution in [2.75, 3.05) is 0 Å². The Kier molecular flexibility index (Phi) is 9.62. The number of hydrogen-bond acceptors (Lipinski definition) is 0. The van der Waals surface area contributed by atoms with Crippen molar-refractivity contribution in [1.29, 1.82) is 0 Å². The number of rotatable bonds is 0. The van der Waals surface area contributed by atoms with E-state index in [1.807, 2.05) is 25.2 Å². The Bertz CT molecular complexity index is 157. The second kappa shape index (κ2) is 7.43. The van der Waals surface area contributed by atoms with Gasteiger partial charge in [0.25, 0.3) is 0 Å². The van der Waals surface area contributed by atoms with Crippen LogP contribution in [0.3, 0.4) is 0 Å². The molecule has 0 aromatic carbocycles. The van der Waals surface area contributed by atoms with Crippen molar-refractivity contribution in [1.82, 2.24) is 0 Å². The minimum atomic E-state index is 0. The molecule has 0 spiro atoms. The fourth-order valence-electron chi connectivity index (χ4n) is 0.645. The monoisotopic (exact) mass is 248 g/mol. The van der Waals surface area contributed by atoms with Gasteiger partial charge in [-0.3, -0.25) is 0 Å². The molecule has 1 rings (SSSR count). The largest absolute Gasteiger partial charge is 1.00 e. The quantitative estimate of drug-likeness (QED) is 0.497. The van der Waals surface area contributed by atoms with Crippen LogP contribution in [0.15, 0.2) is 36.0 Å². The molecule has 0 aliphatic heterocycles. The molecule has 0 atom stereocenters. The Morgan fingerprint density at radius 2 is 1.90 bits per heavy atom. The van der Waals surface area contributed by atoms with Crippen LogP contribution in [0.1, 0.15) is 6.92 Å². The van der Waals surface area contributed by atoms with E-state index in [2.05, 4.69) is 18.6 Å². The number of hydrogen-bond donors (Lipinski definition) is 0. The smallest absolute Gasteiger partial charge is 0.0121 e. The van der Waals surface area contributed by atoms with Gasteiger partial charge in [0, 0.05) is 25.9 Å². The van der Waals surface area contributed by atoms with Gasteiger partial charge in [0.2, 0.25) is 0 Å². The summed E-state index contributed by atoms with van der Waals surface area (Å²) in [5.41, 5.74) is 1.28. The molecule has 0 fully saturated rings. The predicted molar refractivity (Wildman–Crippen MR) is 36.3 cm³/mol. The Hall–Kier alpha value is 0.323. The summed E-state index contributed by atoms with van der Waals surface area (Å²) in [7, 11) is 0. The molecule has 0 amide bonds. The molecular weight excluding hydrogens is 241 g/mol. The SMILES string of the molecule is CC=C1[CH]C=CC=C1.[Br-].[Zn]. The van der Waals surface area contributed by atoms with Crippen molar-refractivity contribution in [3.63, 3.8) is 0 Å². The molecule has 10 heavy (non-hydrogen) atoms. The molecule has 0 saturated heterocycles. The maximum Gasteiger partial charge on any atom is 0.0121 e. The second-order valence-electron chi connectivity index (χ2n) is 1.70. The van der Waals surface area contributed by atoms with Crippen LogP contribution in [0.5, 0.6) is 0 Å². The first-order valence-electron chi connectivity index (χ1n) is 2.78. The van der Waals surface area contributed by atoms with Crippen molar-refractivity contribution in [3.8, 4) is 0 Å². The molecule has 51 valence electrons. The van der Waals surface area contributed by atoms with Crippen LogP contribution < -0.4 is 17.0 Å². The van der Waals surface area contributed by atoms with E-state index in [0.717, 1.165) is 0 Å². The summed E-state index contributed by atoms with van der Waals surface area (Å²) in [4.78, 5) is 0. The molecule has 2 heteroatoms. The maximum absolute atomic E-state index is 2.08. The normalized spacial score (nSPS) is 17.9. The van der Waals surface area contributed by atoms with Crippen molar-refractivity contribution < 1.29 is 36.5 Å². The molecule has 0 heterocycles. The van der Waals surface area contributed by atoms with Crippen molar-refractivity contribution in [2.24, 2.45) is 0 Å².